The molecule has 0 amide bonds. The van der Waals surface area contributed by atoms with Crippen molar-refractivity contribution in [1.29, 1.82) is 5.26 Å². The van der Waals surface area contributed by atoms with Gasteiger partial charge >= 0.3 is 0 Å². The molecule has 0 fully saturated rings. The number of hydrogen-bond donors (Lipinski definition) is 0. The van der Waals surface area contributed by atoms with Crippen molar-refractivity contribution in [1.82, 2.24) is 4.90 Å². The van der Waals surface area contributed by atoms with E-state index in [1.807, 2.05) is 57.3 Å². The first-order chi connectivity index (χ1) is 12.0. The van der Waals surface area contributed by atoms with Crippen molar-refractivity contribution < 1.29 is 0 Å². The Kier molecular flexibility index (Phi) is 5.83. The van der Waals surface area contributed by atoms with Crippen LogP contribution in [0.3, 0.4) is 0 Å². The van der Waals surface area contributed by atoms with Gasteiger partial charge in [0, 0.05) is 24.9 Å². The smallest absolute Gasteiger partial charge is 0.0994 e. The highest BCUT2D eigenvalue weighted by molar-refractivity contribution is 5.68. The normalized spacial score (nSPS) is 10.7. The number of nitrogens with zero attached hydrogens (tertiary/aromatic N) is 2. The first-order valence-electron chi connectivity index (χ1n) is 8.11. The molecule has 0 aliphatic carbocycles. The van der Waals surface area contributed by atoms with Gasteiger partial charge in [0.05, 0.1) is 11.6 Å². The van der Waals surface area contributed by atoms with Crippen molar-refractivity contribution >= 4 is 5.70 Å². The van der Waals surface area contributed by atoms with Gasteiger partial charge < -0.3 is 4.90 Å². The average Bonchev–Trinajstić information content (AvgIpc) is 2.62. The van der Waals surface area contributed by atoms with Crippen molar-refractivity contribution in [2.24, 2.45) is 0 Å². The molecule has 0 saturated carbocycles. The molecule has 2 rings (SSSR count). The number of hydrogen-bond acceptors (Lipinski definition) is 2. The van der Waals surface area contributed by atoms with E-state index in [1.165, 1.54) is 5.56 Å². The summed E-state index contributed by atoms with van der Waals surface area (Å²) in [5.41, 5.74) is 6.92. The average molecular weight is 326 g/mol. The molecule has 2 nitrogen and oxygen atoms in total. The largest absolute Gasteiger partial charge is 0.370 e. The summed E-state index contributed by atoms with van der Waals surface area (Å²) in [6, 6.07) is 14.3. The van der Waals surface area contributed by atoms with Crippen LogP contribution >= 0.6 is 0 Å². The lowest BCUT2D eigenvalue weighted by atomic mass is 9.98. The number of terminal acetylenes is 1. The van der Waals surface area contributed by atoms with Gasteiger partial charge in [-0.2, -0.15) is 5.26 Å². The van der Waals surface area contributed by atoms with Crippen molar-refractivity contribution in [3.63, 3.8) is 0 Å². The lowest BCUT2D eigenvalue weighted by molar-refractivity contribution is 0.475. The number of aryl methyl sites for hydroxylation is 1. The van der Waals surface area contributed by atoms with E-state index < -0.39 is 0 Å². The Hall–Kier alpha value is -3.23. The van der Waals surface area contributed by atoms with Crippen molar-refractivity contribution in [3.8, 4) is 18.4 Å². The summed E-state index contributed by atoms with van der Waals surface area (Å²) in [6.07, 6.45) is 9.16. The third-order valence-electron chi connectivity index (χ3n) is 4.31. The summed E-state index contributed by atoms with van der Waals surface area (Å²) in [5, 5.41) is 9.38. The quantitative estimate of drug-likeness (QED) is 0.582. The Balaban J connectivity index is 2.36. The first-order valence-corrected chi connectivity index (χ1v) is 8.11. The van der Waals surface area contributed by atoms with Crippen LogP contribution in [0.2, 0.25) is 0 Å². The predicted molar refractivity (Wildman–Crippen MR) is 105 cm³/mol. The maximum atomic E-state index is 9.38. The predicted octanol–water partition coefficient (Wildman–Crippen LogP) is 4.82. The Bertz CT molecular complexity index is 887. The van der Waals surface area contributed by atoms with E-state index in [-0.39, 0.29) is 0 Å². The van der Waals surface area contributed by atoms with Crippen LogP contribution in [0, 0.1) is 37.5 Å². The van der Waals surface area contributed by atoms with Gasteiger partial charge in [-0.05, 0) is 66.4 Å². The molecule has 0 unspecified atom stereocenters. The minimum Gasteiger partial charge on any atom is -0.370 e. The lowest BCUT2D eigenvalue weighted by Gasteiger charge is -2.24. The standard InChI is InChI=1S/C23H22N2/c1-6-8-23(21-13-17(3)18(4)22(14-21)15-24)25(5)16-20-11-9-19(7-2)10-12-20/h2,6,8-14H,1,16H2,3-5H3/b23-8-. The molecule has 0 saturated heterocycles. The Morgan fingerprint density at radius 2 is 1.92 bits per heavy atom. The number of rotatable bonds is 5. The number of allylic oxidation sites excluding steroid dienone is 2. The van der Waals surface area contributed by atoms with Crippen LogP contribution in [0.15, 0.2) is 55.1 Å². The Labute approximate surface area is 150 Å². The summed E-state index contributed by atoms with van der Waals surface area (Å²) in [7, 11) is 2.03. The zero-order chi connectivity index (χ0) is 18.4. The zero-order valence-corrected chi connectivity index (χ0v) is 15.0. The summed E-state index contributed by atoms with van der Waals surface area (Å²) in [6.45, 7) is 8.57. The van der Waals surface area contributed by atoms with Crippen LogP contribution in [-0.2, 0) is 6.54 Å². The van der Waals surface area contributed by atoms with E-state index in [2.05, 4.69) is 29.5 Å². The second kappa shape index (κ2) is 8.04. The SMILES string of the molecule is C#Cc1ccc(CN(C)/C(=C\C=C)c2cc(C)c(C)c(C#N)c2)cc1. The van der Waals surface area contributed by atoms with Gasteiger partial charge in [0.1, 0.15) is 0 Å². The molecule has 0 aromatic heterocycles. The fraction of sp³-hybridized carbons (Fsp3) is 0.174. The van der Waals surface area contributed by atoms with Crippen LogP contribution in [0.4, 0.5) is 0 Å². The summed E-state index contributed by atoms with van der Waals surface area (Å²) in [4.78, 5) is 2.15. The van der Waals surface area contributed by atoms with Crippen LogP contribution in [0.25, 0.3) is 5.70 Å². The van der Waals surface area contributed by atoms with E-state index in [1.54, 1.807) is 6.08 Å². The molecular weight excluding hydrogens is 304 g/mol. The third-order valence-corrected chi connectivity index (χ3v) is 4.31. The molecule has 0 aliphatic heterocycles. The van der Waals surface area contributed by atoms with Gasteiger partial charge in [-0.15, -0.1) is 6.42 Å². The van der Waals surface area contributed by atoms with E-state index >= 15 is 0 Å². The van der Waals surface area contributed by atoms with Gasteiger partial charge in [0.15, 0.2) is 0 Å². The topological polar surface area (TPSA) is 27.0 Å². The minimum atomic E-state index is 0.705. The summed E-state index contributed by atoms with van der Waals surface area (Å²) >= 11 is 0. The first kappa shape index (κ1) is 18.1. The van der Waals surface area contributed by atoms with Crippen LogP contribution in [-0.4, -0.2) is 11.9 Å². The molecule has 0 aliphatic rings. The van der Waals surface area contributed by atoms with E-state index in [9.17, 15) is 5.26 Å². The second-order valence-corrected chi connectivity index (χ2v) is 6.06. The van der Waals surface area contributed by atoms with Gasteiger partial charge in [0.25, 0.3) is 0 Å². The van der Waals surface area contributed by atoms with Gasteiger partial charge in [-0.25, -0.2) is 0 Å². The van der Waals surface area contributed by atoms with Gasteiger partial charge in [-0.3, -0.25) is 0 Å². The van der Waals surface area contributed by atoms with Crippen molar-refractivity contribution in [3.05, 3.63) is 88.5 Å². The second-order valence-electron chi connectivity index (χ2n) is 6.06. The highest BCUT2D eigenvalue weighted by Crippen LogP contribution is 2.25. The molecule has 0 heterocycles. The Morgan fingerprint density at radius 3 is 2.48 bits per heavy atom. The molecule has 25 heavy (non-hydrogen) atoms. The molecule has 0 atom stereocenters. The fourth-order valence-corrected chi connectivity index (χ4v) is 2.74. The van der Waals surface area contributed by atoms with Crippen LogP contribution < -0.4 is 0 Å². The molecule has 2 heteroatoms. The molecule has 0 spiro atoms. The van der Waals surface area contributed by atoms with Crippen molar-refractivity contribution in [2.75, 3.05) is 7.05 Å². The van der Waals surface area contributed by atoms with Gasteiger partial charge in [-0.1, -0.05) is 30.7 Å². The molecule has 0 bridgehead atoms. The van der Waals surface area contributed by atoms with Crippen LogP contribution in [0.5, 0.6) is 0 Å². The molecule has 0 N–H and O–H groups in total. The zero-order valence-electron chi connectivity index (χ0n) is 15.0. The molecule has 2 aromatic rings. The molecule has 0 radical (unpaired) electrons. The Morgan fingerprint density at radius 1 is 1.24 bits per heavy atom. The van der Waals surface area contributed by atoms with E-state index in [0.717, 1.165) is 34.5 Å². The maximum Gasteiger partial charge on any atom is 0.0994 e. The van der Waals surface area contributed by atoms with Crippen LogP contribution in [0.1, 0.15) is 33.4 Å². The highest BCUT2D eigenvalue weighted by Gasteiger charge is 2.12. The highest BCUT2D eigenvalue weighted by atomic mass is 15.1. The molecular formula is C23H22N2. The van der Waals surface area contributed by atoms with E-state index in [0.29, 0.717) is 5.56 Å². The van der Waals surface area contributed by atoms with Crippen molar-refractivity contribution in [2.45, 2.75) is 20.4 Å². The van der Waals surface area contributed by atoms with Gasteiger partial charge in [0.2, 0.25) is 0 Å². The third kappa shape index (κ3) is 4.19. The minimum absolute atomic E-state index is 0.705. The summed E-state index contributed by atoms with van der Waals surface area (Å²) < 4.78 is 0. The maximum absolute atomic E-state index is 9.38. The van der Waals surface area contributed by atoms with E-state index in [4.69, 9.17) is 6.42 Å². The lowest BCUT2D eigenvalue weighted by Crippen LogP contribution is -2.16. The number of nitriles is 1. The monoisotopic (exact) mass is 326 g/mol. The fourth-order valence-electron chi connectivity index (χ4n) is 2.74. The summed E-state index contributed by atoms with van der Waals surface area (Å²) in [5.74, 6) is 2.63. The molecule has 124 valence electrons. The number of benzene rings is 2. The molecule has 2 aromatic carbocycles.